The molecule has 5 nitrogen and oxygen atoms in total. The number of amidine groups is 1. The number of amides is 1. The van der Waals surface area contributed by atoms with Gasteiger partial charge in [0, 0.05) is 16.0 Å². The lowest BCUT2D eigenvalue weighted by molar-refractivity contribution is -0.117. The van der Waals surface area contributed by atoms with Crippen LogP contribution in [-0.2, 0) is 21.1 Å². The molecule has 2 aromatic carbocycles. The van der Waals surface area contributed by atoms with Gasteiger partial charge in [-0.05, 0) is 36.8 Å². The van der Waals surface area contributed by atoms with Gasteiger partial charge >= 0.3 is 0 Å². The predicted molar refractivity (Wildman–Crippen MR) is 115 cm³/mol. The third kappa shape index (κ3) is 4.11. The number of aryl methyl sites for hydroxylation is 1. The van der Waals surface area contributed by atoms with E-state index in [-0.39, 0.29) is 35.1 Å². The third-order valence-electron chi connectivity index (χ3n) is 4.87. The van der Waals surface area contributed by atoms with E-state index in [0.717, 1.165) is 16.8 Å². The average Bonchev–Trinajstić information content (AvgIpc) is 3.09. The fourth-order valence-corrected chi connectivity index (χ4v) is 7.55. The standard InChI is InChI=1S/C20H19ClN2O3S2/c1-13-2-4-14(5-3-13)10-19(24)22-20-23(16-8-6-15(21)7-9-16)17-11-28(25,26)12-18(17)27-20/h2-9,17-18H,10-12H2,1H3/t17-,18-/m0/s1. The van der Waals surface area contributed by atoms with Gasteiger partial charge in [-0.2, -0.15) is 4.99 Å². The van der Waals surface area contributed by atoms with Gasteiger partial charge < -0.3 is 4.90 Å². The van der Waals surface area contributed by atoms with E-state index in [2.05, 4.69) is 4.99 Å². The molecule has 2 aliphatic heterocycles. The summed E-state index contributed by atoms with van der Waals surface area (Å²) in [6, 6.07) is 14.7. The highest BCUT2D eigenvalue weighted by Crippen LogP contribution is 2.41. The van der Waals surface area contributed by atoms with E-state index in [4.69, 9.17) is 11.6 Å². The lowest BCUT2D eigenvalue weighted by atomic mass is 10.1. The largest absolute Gasteiger partial charge is 0.316 e. The minimum Gasteiger partial charge on any atom is -0.316 e. The molecule has 28 heavy (non-hydrogen) atoms. The van der Waals surface area contributed by atoms with Gasteiger partial charge in [-0.25, -0.2) is 8.42 Å². The summed E-state index contributed by atoms with van der Waals surface area (Å²) in [6.45, 7) is 2.00. The highest BCUT2D eigenvalue weighted by atomic mass is 35.5. The first-order valence-corrected chi connectivity index (χ1v) is 12.0. The van der Waals surface area contributed by atoms with E-state index >= 15 is 0 Å². The summed E-state index contributed by atoms with van der Waals surface area (Å²) in [5.74, 6) is -0.0658. The topological polar surface area (TPSA) is 66.8 Å². The molecule has 0 aliphatic carbocycles. The van der Waals surface area contributed by atoms with Crippen LogP contribution in [0.25, 0.3) is 0 Å². The number of rotatable bonds is 3. The molecule has 0 unspecified atom stereocenters. The van der Waals surface area contributed by atoms with E-state index < -0.39 is 9.84 Å². The number of nitrogens with zero attached hydrogens (tertiary/aromatic N) is 2. The van der Waals surface area contributed by atoms with Crippen molar-refractivity contribution in [3.8, 4) is 0 Å². The first-order chi connectivity index (χ1) is 13.3. The molecule has 146 valence electrons. The summed E-state index contributed by atoms with van der Waals surface area (Å²) in [6.07, 6.45) is 0.215. The Morgan fingerprint density at radius 1 is 1.14 bits per heavy atom. The van der Waals surface area contributed by atoms with Gasteiger partial charge in [0.25, 0.3) is 5.91 Å². The Balaban J connectivity index is 1.62. The van der Waals surface area contributed by atoms with Gasteiger partial charge in [-0.1, -0.05) is 53.2 Å². The molecule has 2 atom stereocenters. The van der Waals surface area contributed by atoms with Crippen LogP contribution in [-0.4, -0.2) is 42.3 Å². The number of anilines is 1. The zero-order chi connectivity index (χ0) is 19.9. The number of halogens is 1. The van der Waals surface area contributed by atoms with E-state index in [9.17, 15) is 13.2 Å². The molecule has 1 amide bonds. The van der Waals surface area contributed by atoms with Gasteiger partial charge in [0.15, 0.2) is 15.0 Å². The zero-order valence-electron chi connectivity index (χ0n) is 15.2. The van der Waals surface area contributed by atoms with Crippen molar-refractivity contribution < 1.29 is 13.2 Å². The van der Waals surface area contributed by atoms with E-state index in [1.54, 1.807) is 12.1 Å². The number of thioether (sulfide) groups is 1. The number of carbonyl (C=O) groups is 1. The SMILES string of the molecule is Cc1ccc(CC(=O)N=C2S[C@H]3CS(=O)(=O)C[C@@H]3N2c2ccc(Cl)cc2)cc1. The normalized spacial score (nSPS) is 24.5. The molecule has 0 bridgehead atoms. The monoisotopic (exact) mass is 434 g/mol. The molecule has 2 heterocycles. The molecule has 0 radical (unpaired) electrons. The molecule has 2 aromatic rings. The van der Waals surface area contributed by atoms with Crippen molar-refractivity contribution in [2.24, 2.45) is 4.99 Å². The van der Waals surface area contributed by atoms with Crippen molar-refractivity contribution in [1.82, 2.24) is 0 Å². The number of carbonyl (C=O) groups excluding carboxylic acids is 1. The summed E-state index contributed by atoms with van der Waals surface area (Å²) in [5.41, 5.74) is 2.84. The highest BCUT2D eigenvalue weighted by Gasteiger charge is 2.49. The fourth-order valence-electron chi connectivity index (χ4n) is 3.49. The Hall–Kier alpha value is -1.83. The maximum Gasteiger partial charge on any atom is 0.252 e. The zero-order valence-corrected chi connectivity index (χ0v) is 17.6. The Bertz CT molecular complexity index is 1030. The molecule has 8 heteroatoms. The van der Waals surface area contributed by atoms with Crippen molar-refractivity contribution in [2.75, 3.05) is 16.4 Å². The van der Waals surface area contributed by atoms with Gasteiger partial charge in [0.2, 0.25) is 0 Å². The fraction of sp³-hybridized carbons (Fsp3) is 0.300. The summed E-state index contributed by atoms with van der Waals surface area (Å²) in [4.78, 5) is 18.8. The molecule has 2 saturated heterocycles. The molecule has 0 aromatic heterocycles. The van der Waals surface area contributed by atoms with Crippen LogP contribution < -0.4 is 4.90 Å². The van der Waals surface area contributed by atoms with Crippen LogP contribution in [0.4, 0.5) is 5.69 Å². The smallest absolute Gasteiger partial charge is 0.252 e. The molecular weight excluding hydrogens is 416 g/mol. The number of sulfone groups is 1. The van der Waals surface area contributed by atoms with Crippen molar-refractivity contribution in [3.63, 3.8) is 0 Å². The van der Waals surface area contributed by atoms with Crippen LogP contribution in [0.2, 0.25) is 5.02 Å². The number of hydrogen-bond donors (Lipinski definition) is 0. The summed E-state index contributed by atoms with van der Waals surface area (Å²) in [5, 5.41) is 1.04. The van der Waals surface area contributed by atoms with E-state index in [1.165, 1.54) is 11.8 Å². The Kier molecular flexibility index (Phi) is 5.24. The van der Waals surface area contributed by atoms with Gasteiger partial charge in [-0.15, -0.1) is 0 Å². The molecule has 0 spiro atoms. The van der Waals surface area contributed by atoms with Crippen molar-refractivity contribution in [2.45, 2.75) is 24.6 Å². The lowest BCUT2D eigenvalue weighted by Gasteiger charge is -2.24. The maximum absolute atomic E-state index is 12.6. The quantitative estimate of drug-likeness (QED) is 0.739. The highest BCUT2D eigenvalue weighted by molar-refractivity contribution is 8.16. The van der Waals surface area contributed by atoms with E-state index in [1.807, 2.05) is 48.2 Å². The first kappa shape index (κ1) is 19.5. The van der Waals surface area contributed by atoms with Crippen molar-refractivity contribution >= 4 is 50.0 Å². The number of aliphatic imine (C=N–C) groups is 1. The maximum atomic E-state index is 12.6. The number of benzene rings is 2. The summed E-state index contributed by atoms with van der Waals surface area (Å²) >= 11 is 7.37. The number of hydrogen-bond acceptors (Lipinski definition) is 4. The molecule has 2 fully saturated rings. The summed E-state index contributed by atoms with van der Waals surface area (Å²) < 4.78 is 24.2. The van der Waals surface area contributed by atoms with Crippen molar-refractivity contribution in [1.29, 1.82) is 0 Å². The van der Waals surface area contributed by atoms with Gasteiger partial charge in [0.1, 0.15) is 0 Å². The summed E-state index contributed by atoms with van der Waals surface area (Å²) in [7, 11) is -3.09. The molecule has 4 rings (SSSR count). The van der Waals surface area contributed by atoms with Crippen LogP contribution in [0.1, 0.15) is 11.1 Å². The molecule has 0 saturated carbocycles. The first-order valence-electron chi connectivity index (χ1n) is 8.90. The predicted octanol–water partition coefficient (Wildman–Crippen LogP) is 3.49. The minimum atomic E-state index is -3.09. The Labute approximate surface area is 173 Å². The van der Waals surface area contributed by atoms with Gasteiger partial charge in [-0.3, -0.25) is 4.79 Å². The molecular formula is C20H19ClN2O3S2. The molecule has 2 aliphatic rings. The van der Waals surface area contributed by atoms with Crippen LogP contribution >= 0.6 is 23.4 Å². The van der Waals surface area contributed by atoms with Crippen LogP contribution in [0.5, 0.6) is 0 Å². The van der Waals surface area contributed by atoms with Crippen LogP contribution in [0.15, 0.2) is 53.5 Å². The van der Waals surface area contributed by atoms with Crippen molar-refractivity contribution in [3.05, 3.63) is 64.7 Å². The Morgan fingerprint density at radius 2 is 1.82 bits per heavy atom. The Morgan fingerprint density at radius 3 is 2.50 bits per heavy atom. The average molecular weight is 435 g/mol. The van der Waals surface area contributed by atoms with Crippen LogP contribution in [0.3, 0.4) is 0 Å². The second kappa shape index (κ2) is 7.54. The van der Waals surface area contributed by atoms with Crippen LogP contribution in [0, 0.1) is 6.92 Å². The second-order valence-electron chi connectivity index (χ2n) is 7.10. The lowest BCUT2D eigenvalue weighted by Crippen LogP contribution is -2.37. The number of fused-ring (bicyclic) bond motifs is 1. The second-order valence-corrected chi connectivity index (χ2v) is 10.9. The third-order valence-corrected chi connectivity index (χ3v) is 8.33. The minimum absolute atomic E-state index is 0.0679. The molecule has 0 N–H and O–H groups in total. The van der Waals surface area contributed by atoms with E-state index in [0.29, 0.717) is 10.2 Å². The van der Waals surface area contributed by atoms with Gasteiger partial charge in [0.05, 0.1) is 24.0 Å².